The second kappa shape index (κ2) is 3.81. The summed E-state index contributed by atoms with van der Waals surface area (Å²) in [6.45, 7) is 0. The lowest BCUT2D eigenvalue weighted by atomic mass is 10.0. The minimum absolute atomic E-state index is 0.618. The molecule has 0 unspecified atom stereocenters. The summed E-state index contributed by atoms with van der Waals surface area (Å²) in [5.41, 5.74) is 8.89. The van der Waals surface area contributed by atoms with Crippen molar-refractivity contribution < 1.29 is 0 Å². The Kier molecular flexibility index (Phi) is 2.34. The molecule has 2 aromatic rings. The first-order chi connectivity index (χ1) is 7.31. The first-order valence-electron chi connectivity index (χ1n) is 4.51. The lowest BCUT2D eigenvalue weighted by Gasteiger charge is -2.04. The van der Waals surface area contributed by atoms with Crippen LogP contribution in [0.5, 0.6) is 0 Å². The van der Waals surface area contributed by atoms with Gasteiger partial charge < -0.3 is 5.73 Å². The van der Waals surface area contributed by atoms with Crippen LogP contribution in [0.25, 0.3) is 11.1 Å². The quantitative estimate of drug-likeness (QED) is 0.758. The van der Waals surface area contributed by atoms with E-state index in [0.717, 1.165) is 11.1 Å². The number of nitriles is 1. The van der Waals surface area contributed by atoms with Gasteiger partial charge in [0.25, 0.3) is 0 Å². The largest absolute Gasteiger partial charge is 0.397 e. The van der Waals surface area contributed by atoms with E-state index in [-0.39, 0.29) is 0 Å². The van der Waals surface area contributed by atoms with Crippen molar-refractivity contribution in [2.24, 2.45) is 0 Å². The Hall–Kier alpha value is -2.34. The molecule has 1 aromatic carbocycles. The maximum Gasteiger partial charge on any atom is 0.0991 e. The van der Waals surface area contributed by atoms with Gasteiger partial charge in [0.2, 0.25) is 0 Å². The molecule has 2 N–H and O–H groups in total. The third kappa shape index (κ3) is 1.79. The Morgan fingerprint density at radius 2 is 2.13 bits per heavy atom. The number of rotatable bonds is 1. The monoisotopic (exact) mass is 195 g/mol. The number of nitrogen functional groups attached to an aromatic ring is 1. The first-order valence-corrected chi connectivity index (χ1v) is 4.51. The number of hydrogen-bond donors (Lipinski definition) is 1. The average molecular weight is 195 g/mol. The molecule has 0 fully saturated rings. The molecule has 3 nitrogen and oxygen atoms in total. The fraction of sp³-hybridized carbons (Fsp3) is 0. The van der Waals surface area contributed by atoms with Crippen molar-refractivity contribution >= 4 is 5.69 Å². The van der Waals surface area contributed by atoms with Gasteiger partial charge in [0.15, 0.2) is 0 Å². The highest BCUT2D eigenvalue weighted by molar-refractivity contribution is 5.76. The van der Waals surface area contributed by atoms with Crippen LogP contribution in [0.2, 0.25) is 0 Å². The second-order valence-electron chi connectivity index (χ2n) is 3.16. The number of pyridine rings is 1. The summed E-state index contributed by atoms with van der Waals surface area (Å²) in [6.07, 6.45) is 3.29. The van der Waals surface area contributed by atoms with Gasteiger partial charge in [0, 0.05) is 11.8 Å². The number of nitrogens with two attached hydrogens (primary N) is 1. The summed E-state index contributed by atoms with van der Waals surface area (Å²) in [5.74, 6) is 0. The van der Waals surface area contributed by atoms with E-state index in [1.807, 2.05) is 24.3 Å². The van der Waals surface area contributed by atoms with E-state index in [1.54, 1.807) is 18.5 Å². The topological polar surface area (TPSA) is 62.7 Å². The summed E-state index contributed by atoms with van der Waals surface area (Å²) < 4.78 is 0. The van der Waals surface area contributed by atoms with E-state index in [9.17, 15) is 0 Å². The van der Waals surface area contributed by atoms with Crippen molar-refractivity contribution in [2.45, 2.75) is 0 Å². The van der Waals surface area contributed by atoms with Crippen LogP contribution >= 0.6 is 0 Å². The minimum atomic E-state index is 0.618. The third-order valence-corrected chi connectivity index (χ3v) is 2.15. The maximum absolute atomic E-state index is 8.78. The molecule has 0 bridgehead atoms. The second-order valence-corrected chi connectivity index (χ2v) is 3.16. The molecule has 2 rings (SSSR count). The van der Waals surface area contributed by atoms with Gasteiger partial charge in [-0.05, 0) is 23.8 Å². The van der Waals surface area contributed by atoms with E-state index in [4.69, 9.17) is 11.0 Å². The van der Waals surface area contributed by atoms with Crippen LogP contribution in [0, 0.1) is 11.3 Å². The molecule has 0 spiro atoms. The molecule has 0 saturated heterocycles. The zero-order chi connectivity index (χ0) is 10.7. The summed E-state index contributed by atoms with van der Waals surface area (Å²) >= 11 is 0. The smallest absolute Gasteiger partial charge is 0.0991 e. The highest BCUT2D eigenvalue weighted by Gasteiger charge is 2.02. The van der Waals surface area contributed by atoms with E-state index >= 15 is 0 Å². The molecule has 3 heteroatoms. The molecule has 72 valence electrons. The molecule has 0 aliphatic carbocycles. The van der Waals surface area contributed by atoms with E-state index < -0.39 is 0 Å². The van der Waals surface area contributed by atoms with Crippen LogP contribution in [-0.4, -0.2) is 4.98 Å². The van der Waals surface area contributed by atoms with Gasteiger partial charge >= 0.3 is 0 Å². The highest BCUT2D eigenvalue weighted by Crippen LogP contribution is 2.24. The van der Waals surface area contributed by atoms with Gasteiger partial charge in [-0.3, -0.25) is 4.98 Å². The maximum atomic E-state index is 8.78. The number of benzene rings is 1. The van der Waals surface area contributed by atoms with Gasteiger partial charge in [0.1, 0.15) is 0 Å². The molecule has 0 atom stereocenters. The normalized spacial score (nSPS) is 9.53. The SMILES string of the molecule is N#Cc1cccc(-c2ccncc2N)c1. The average Bonchev–Trinajstić information content (AvgIpc) is 2.30. The lowest BCUT2D eigenvalue weighted by Crippen LogP contribution is -1.90. The van der Waals surface area contributed by atoms with Crippen molar-refractivity contribution in [3.63, 3.8) is 0 Å². The Labute approximate surface area is 87.8 Å². The van der Waals surface area contributed by atoms with Crippen LogP contribution in [0.4, 0.5) is 5.69 Å². The molecular formula is C12H9N3. The van der Waals surface area contributed by atoms with Crippen molar-refractivity contribution in [1.29, 1.82) is 5.26 Å². The van der Waals surface area contributed by atoms with Crippen LogP contribution in [0.15, 0.2) is 42.7 Å². The van der Waals surface area contributed by atoms with Gasteiger partial charge in [-0.2, -0.15) is 5.26 Å². The predicted octanol–water partition coefficient (Wildman–Crippen LogP) is 2.20. The Balaban J connectivity index is 2.55. The van der Waals surface area contributed by atoms with Crippen LogP contribution in [0.3, 0.4) is 0 Å². The molecule has 0 radical (unpaired) electrons. The standard InChI is InChI=1S/C12H9N3/c13-7-9-2-1-3-10(6-9)11-4-5-15-8-12(11)14/h1-6,8H,14H2. The molecule has 0 amide bonds. The number of hydrogen-bond acceptors (Lipinski definition) is 3. The zero-order valence-electron chi connectivity index (χ0n) is 8.01. The summed E-state index contributed by atoms with van der Waals surface area (Å²) in [4.78, 5) is 3.92. The molecule has 1 heterocycles. The van der Waals surface area contributed by atoms with Gasteiger partial charge in [-0.25, -0.2) is 0 Å². The van der Waals surface area contributed by atoms with Gasteiger partial charge in [-0.15, -0.1) is 0 Å². The molecule has 15 heavy (non-hydrogen) atoms. The minimum Gasteiger partial charge on any atom is -0.397 e. The zero-order valence-corrected chi connectivity index (χ0v) is 8.01. The van der Waals surface area contributed by atoms with Crippen LogP contribution in [-0.2, 0) is 0 Å². The van der Waals surface area contributed by atoms with Crippen molar-refractivity contribution in [3.05, 3.63) is 48.3 Å². The number of anilines is 1. The van der Waals surface area contributed by atoms with Crippen LogP contribution < -0.4 is 5.73 Å². The fourth-order valence-corrected chi connectivity index (χ4v) is 1.43. The van der Waals surface area contributed by atoms with Crippen molar-refractivity contribution in [1.82, 2.24) is 4.98 Å². The molecule has 1 aromatic heterocycles. The summed E-state index contributed by atoms with van der Waals surface area (Å²) in [7, 11) is 0. The number of aromatic nitrogens is 1. The van der Waals surface area contributed by atoms with Crippen LogP contribution in [0.1, 0.15) is 5.56 Å². The van der Waals surface area contributed by atoms with Crippen molar-refractivity contribution in [3.8, 4) is 17.2 Å². The Morgan fingerprint density at radius 3 is 2.87 bits per heavy atom. The van der Waals surface area contributed by atoms with Gasteiger partial charge in [0.05, 0.1) is 23.5 Å². The van der Waals surface area contributed by atoms with Gasteiger partial charge in [-0.1, -0.05) is 12.1 Å². The Morgan fingerprint density at radius 1 is 1.27 bits per heavy atom. The lowest BCUT2D eigenvalue weighted by molar-refractivity contribution is 1.33. The summed E-state index contributed by atoms with van der Waals surface area (Å²) in [5, 5.41) is 8.78. The predicted molar refractivity (Wildman–Crippen MR) is 58.8 cm³/mol. The number of nitrogens with zero attached hydrogens (tertiary/aromatic N) is 2. The molecular weight excluding hydrogens is 186 g/mol. The molecule has 0 aliphatic rings. The third-order valence-electron chi connectivity index (χ3n) is 2.15. The summed E-state index contributed by atoms with van der Waals surface area (Å²) in [6, 6.07) is 11.3. The fourth-order valence-electron chi connectivity index (χ4n) is 1.43. The molecule has 0 saturated carbocycles. The van der Waals surface area contributed by atoms with E-state index in [2.05, 4.69) is 11.1 Å². The Bertz CT molecular complexity index is 526. The van der Waals surface area contributed by atoms with Crippen molar-refractivity contribution in [2.75, 3.05) is 5.73 Å². The molecule has 0 aliphatic heterocycles. The van der Waals surface area contributed by atoms with E-state index in [1.165, 1.54) is 0 Å². The first kappa shape index (κ1) is 9.22. The van der Waals surface area contributed by atoms with E-state index in [0.29, 0.717) is 11.3 Å². The highest BCUT2D eigenvalue weighted by atomic mass is 14.7.